The highest BCUT2D eigenvalue weighted by Crippen LogP contribution is 2.49. The minimum Gasteiger partial charge on any atom is -0.468 e. The van der Waals surface area contributed by atoms with Crippen molar-refractivity contribution in [2.24, 2.45) is 0 Å². The van der Waals surface area contributed by atoms with Crippen molar-refractivity contribution in [1.82, 2.24) is 4.90 Å². The van der Waals surface area contributed by atoms with Gasteiger partial charge in [-0.1, -0.05) is 37.6 Å². The number of likely N-dealkylation sites (tertiary alicyclic amines) is 1. The Hall–Kier alpha value is -3.35. The van der Waals surface area contributed by atoms with E-state index in [1.54, 1.807) is 24.3 Å². The number of nitrogens with one attached hydrogen (secondary N) is 2. The lowest BCUT2D eigenvalue weighted by Gasteiger charge is -2.34. The van der Waals surface area contributed by atoms with Gasteiger partial charge in [0.2, 0.25) is 5.91 Å². The number of carbonyl (C=O) groups excluding carboxylic acids is 3. The average molecular weight is 421 g/mol. The molecule has 2 heterocycles. The number of anilines is 2. The molecule has 0 aromatic heterocycles. The van der Waals surface area contributed by atoms with Gasteiger partial charge in [-0.05, 0) is 42.7 Å². The zero-order valence-electron chi connectivity index (χ0n) is 17.8. The van der Waals surface area contributed by atoms with Crippen LogP contribution in [0.4, 0.5) is 11.4 Å². The summed E-state index contributed by atoms with van der Waals surface area (Å²) in [6.07, 6.45) is 2.21. The van der Waals surface area contributed by atoms with Crippen LogP contribution in [0.3, 0.4) is 0 Å². The first-order chi connectivity index (χ1) is 15.0. The first kappa shape index (κ1) is 20.9. The third-order valence-corrected chi connectivity index (χ3v) is 6.35. The van der Waals surface area contributed by atoms with Crippen molar-refractivity contribution < 1.29 is 19.1 Å². The monoisotopic (exact) mass is 421 g/mol. The summed E-state index contributed by atoms with van der Waals surface area (Å²) >= 11 is 0. The predicted molar refractivity (Wildman–Crippen MR) is 118 cm³/mol. The Morgan fingerprint density at radius 3 is 2.81 bits per heavy atom. The van der Waals surface area contributed by atoms with Crippen LogP contribution in [0.1, 0.15) is 42.1 Å². The Morgan fingerprint density at radius 1 is 1.23 bits per heavy atom. The van der Waals surface area contributed by atoms with E-state index in [4.69, 9.17) is 0 Å². The van der Waals surface area contributed by atoms with E-state index in [0.717, 1.165) is 24.1 Å². The normalized spacial score (nSPS) is 21.7. The van der Waals surface area contributed by atoms with Gasteiger partial charge in [0.25, 0.3) is 5.91 Å². The summed E-state index contributed by atoms with van der Waals surface area (Å²) < 4.78 is 4.65. The molecule has 7 nitrogen and oxygen atoms in total. The van der Waals surface area contributed by atoms with Gasteiger partial charge in [0.15, 0.2) is 0 Å². The average Bonchev–Trinajstić information content (AvgIpc) is 3.31. The molecule has 2 atom stereocenters. The minimum atomic E-state index is -0.705. The molecule has 2 aliphatic rings. The summed E-state index contributed by atoms with van der Waals surface area (Å²) in [5.41, 5.74) is 2.32. The first-order valence-electron chi connectivity index (χ1n) is 10.6. The summed E-state index contributed by atoms with van der Waals surface area (Å²) in [4.78, 5) is 39.9. The van der Waals surface area contributed by atoms with Crippen molar-refractivity contribution in [3.05, 3.63) is 59.7 Å². The standard InChI is InChI=1S/C24H27N3O4/c1-3-7-20-24(18-10-4-5-11-19(18)26-23(24)30)12-13-27(20)22(29)16-8-6-9-17(14-16)25-15-21(28)31-2/h4-6,8-11,14,20,25H,3,7,12-13,15H2,1-2H3,(H,26,30)/t20-,24+/m0/s1. The van der Waals surface area contributed by atoms with E-state index < -0.39 is 5.41 Å². The van der Waals surface area contributed by atoms with Gasteiger partial charge in [0, 0.05) is 23.5 Å². The number of carbonyl (C=O) groups is 3. The number of methoxy groups -OCH3 is 1. The Labute approximate surface area is 181 Å². The minimum absolute atomic E-state index is 0.0176. The largest absolute Gasteiger partial charge is 0.468 e. The maximum Gasteiger partial charge on any atom is 0.325 e. The lowest BCUT2D eigenvalue weighted by molar-refractivity contribution is -0.138. The molecule has 1 spiro atoms. The fourth-order valence-corrected chi connectivity index (χ4v) is 4.89. The number of benzene rings is 2. The molecule has 1 fully saturated rings. The molecule has 162 valence electrons. The number of fused-ring (bicyclic) bond motifs is 2. The lowest BCUT2D eigenvalue weighted by Crippen LogP contribution is -2.48. The van der Waals surface area contributed by atoms with Gasteiger partial charge >= 0.3 is 5.97 Å². The molecule has 2 N–H and O–H groups in total. The second-order valence-electron chi connectivity index (χ2n) is 8.03. The van der Waals surface area contributed by atoms with Gasteiger partial charge in [-0.15, -0.1) is 0 Å². The van der Waals surface area contributed by atoms with Crippen LogP contribution in [0, 0.1) is 0 Å². The van der Waals surface area contributed by atoms with Crippen LogP contribution >= 0.6 is 0 Å². The van der Waals surface area contributed by atoms with Crippen molar-refractivity contribution >= 4 is 29.2 Å². The van der Waals surface area contributed by atoms with Gasteiger partial charge in [0.1, 0.15) is 6.54 Å². The third kappa shape index (κ3) is 3.54. The molecule has 0 aliphatic carbocycles. The molecule has 0 bridgehead atoms. The fraction of sp³-hybridized carbons (Fsp3) is 0.375. The Morgan fingerprint density at radius 2 is 2.03 bits per heavy atom. The summed E-state index contributed by atoms with van der Waals surface area (Å²) in [5, 5.41) is 6.01. The van der Waals surface area contributed by atoms with Crippen LogP contribution in [0.15, 0.2) is 48.5 Å². The summed E-state index contributed by atoms with van der Waals surface area (Å²) in [5.74, 6) is -0.502. The number of amides is 2. The molecule has 2 amide bonds. The van der Waals surface area contributed by atoms with E-state index >= 15 is 0 Å². The van der Waals surface area contributed by atoms with Crippen molar-refractivity contribution in [3.63, 3.8) is 0 Å². The zero-order chi connectivity index (χ0) is 22.0. The second kappa shape index (κ2) is 8.41. The predicted octanol–water partition coefficient (Wildman–Crippen LogP) is 3.18. The van der Waals surface area contributed by atoms with Crippen LogP contribution in [0.2, 0.25) is 0 Å². The molecule has 0 unspecified atom stereocenters. The Kier molecular flexibility index (Phi) is 5.67. The number of rotatable bonds is 6. The molecule has 2 aromatic rings. The highest BCUT2D eigenvalue weighted by Gasteiger charge is 2.58. The van der Waals surface area contributed by atoms with Crippen molar-refractivity contribution in [2.45, 2.75) is 37.6 Å². The molecule has 2 aliphatic heterocycles. The van der Waals surface area contributed by atoms with E-state index in [2.05, 4.69) is 22.3 Å². The van der Waals surface area contributed by atoms with E-state index in [1.807, 2.05) is 29.2 Å². The smallest absolute Gasteiger partial charge is 0.325 e. The topological polar surface area (TPSA) is 87.7 Å². The van der Waals surface area contributed by atoms with E-state index in [0.29, 0.717) is 24.2 Å². The Balaban J connectivity index is 1.62. The second-order valence-corrected chi connectivity index (χ2v) is 8.03. The Bertz CT molecular complexity index is 1020. The number of esters is 1. The van der Waals surface area contributed by atoms with Crippen LogP contribution in [-0.4, -0.2) is 48.9 Å². The molecular formula is C24H27N3O4. The van der Waals surface area contributed by atoms with Gasteiger partial charge < -0.3 is 20.3 Å². The summed E-state index contributed by atoms with van der Waals surface area (Å²) in [6, 6.07) is 14.7. The lowest BCUT2D eigenvalue weighted by atomic mass is 9.73. The van der Waals surface area contributed by atoms with Crippen molar-refractivity contribution in [3.8, 4) is 0 Å². The van der Waals surface area contributed by atoms with Crippen LogP contribution in [0.5, 0.6) is 0 Å². The summed E-state index contributed by atoms with van der Waals surface area (Å²) in [7, 11) is 1.33. The van der Waals surface area contributed by atoms with Crippen LogP contribution in [0.25, 0.3) is 0 Å². The maximum absolute atomic E-state index is 13.5. The van der Waals surface area contributed by atoms with Gasteiger partial charge in [-0.25, -0.2) is 0 Å². The quantitative estimate of drug-likeness (QED) is 0.700. The van der Waals surface area contributed by atoms with E-state index in [1.165, 1.54) is 7.11 Å². The van der Waals surface area contributed by atoms with E-state index in [9.17, 15) is 14.4 Å². The molecule has 0 saturated carbocycles. The third-order valence-electron chi connectivity index (χ3n) is 6.35. The number of hydrogen-bond donors (Lipinski definition) is 2. The summed E-state index contributed by atoms with van der Waals surface area (Å²) in [6.45, 7) is 2.62. The van der Waals surface area contributed by atoms with Crippen molar-refractivity contribution in [1.29, 1.82) is 0 Å². The first-order valence-corrected chi connectivity index (χ1v) is 10.6. The van der Waals surface area contributed by atoms with Crippen LogP contribution in [-0.2, 0) is 19.7 Å². The molecule has 31 heavy (non-hydrogen) atoms. The number of nitrogens with zero attached hydrogens (tertiary/aromatic N) is 1. The van der Waals surface area contributed by atoms with Gasteiger partial charge in [0.05, 0.1) is 18.6 Å². The number of ether oxygens (including phenoxy) is 1. The highest BCUT2D eigenvalue weighted by molar-refractivity contribution is 6.08. The highest BCUT2D eigenvalue weighted by atomic mass is 16.5. The maximum atomic E-state index is 13.5. The SMILES string of the molecule is CCC[C@@H]1N(C(=O)c2cccc(NCC(=O)OC)c2)CC[C@]12C(=O)Nc1ccccc12. The molecule has 0 radical (unpaired) electrons. The fourth-order valence-electron chi connectivity index (χ4n) is 4.89. The molecule has 7 heteroatoms. The number of para-hydroxylation sites is 1. The van der Waals surface area contributed by atoms with E-state index in [-0.39, 0.29) is 30.4 Å². The molecular weight excluding hydrogens is 394 g/mol. The van der Waals surface area contributed by atoms with Gasteiger partial charge in [-0.3, -0.25) is 14.4 Å². The molecule has 4 rings (SSSR count). The van der Waals surface area contributed by atoms with Crippen LogP contribution < -0.4 is 10.6 Å². The molecule has 1 saturated heterocycles. The zero-order valence-corrected chi connectivity index (χ0v) is 17.8. The molecule has 2 aromatic carbocycles. The number of hydrogen-bond acceptors (Lipinski definition) is 5. The van der Waals surface area contributed by atoms with Crippen molar-refractivity contribution in [2.75, 3.05) is 30.8 Å². The van der Waals surface area contributed by atoms with Gasteiger partial charge in [-0.2, -0.15) is 0 Å².